The van der Waals surface area contributed by atoms with Gasteiger partial charge in [0.25, 0.3) is 5.91 Å². The van der Waals surface area contributed by atoms with Crippen molar-refractivity contribution in [3.63, 3.8) is 0 Å². The molecule has 1 saturated carbocycles. The Balaban J connectivity index is 1.75. The van der Waals surface area contributed by atoms with Crippen LogP contribution in [0.2, 0.25) is 0 Å². The maximum absolute atomic E-state index is 11.9. The lowest BCUT2D eigenvalue weighted by molar-refractivity contribution is -0.121. The topological polar surface area (TPSA) is 84.2 Å². The lowest BCUT2D eigenvalue weighted by Gasteiger charge is -2.26. The molecule has 2 amide bonds. The maximum Gasteiger partial charge on any atom is 0.251 e. The van der Waals surface area contributed by atoms with Crippen LogP contribution in [-0.2, 0) is 4.79 Å². The van der Waals surface area contributed by atoms with Crippen LogP contribution in [0.4, 0.5) is 0 Å². The fourth-order valence-corrected chi connectivity index (χ4v) is 2.83. The van der Waals surface area contributed by atoms with E-state index in [-0.39, 0.29) is 30.4 Å². The van der Waals surface area contributed by atoms with Crippen LogP contribution in [0, 0.1) is 0 Å². The number of hydrogen-bond donors (Lipinski definition) is 3. The fourth-order valence-electron chi connectivity index (χ4n) is 2.43. The molecule has 5 nitrogen and oxygen atoms in total. The lowest BCUT2D eigenvalue weighted by Crippen LogP contribution is -2.44. The summed E-state index contributed by atoms with van der Waals surface area (Å²) in [5.41, 5.74) is 6.36. The standard InChI is InChI=1S/C15H20BrN3O2/c16-11-3-1-2-10(8-11)15(21)18-9-14(20)19-13-6-4-12(17)5-7-13/h1-3,8,12-13H,4-7,9,17H2,(H,18,21)(H,19,20). The average Bonchev–Trinajstić information content (AvgIpc) is 2.47. The summed E-state index contributed by atoms with van der Waals surface area (Å²) in [4.78, 5) is 23.7. The van der Waals surface area contributed by atoms with Crippen molar-refractivity contribution >= 4 is 27.7 Å². The molecular weight excluding hydrogens is 334 g/mol. The van der Waals surface area contributed by atoms with Crippen LogP contribution in [0.3, 0.4) is 0 Å². The first-order valence-corrected chi connectivity index (χ1v) is 7.92. The van der Waals surface area contributed by atoms with Gasteiger partial charge in [-0.3, -0.25) is 9.59 Å². The van der Waals surface area contributed by atoms with Gasteiger partial charge in [-0.1, -0.05) is 22.0 Å². The number of nitrogens with two attached hydrogens (primary N) is 1. The summed E-state index contributed by atoms with van der Waals surface area (Å²) in [5, 5.41) is 5.57. The van der Waals surface area contributed by atoms with Crippen molar-refractivity contribution in [1.82, 2.24) is 10.6 Å². The van der Waals surface area contributed by atoms with Gasteiger partial charge < -0.3 is 16.4 Å². The van der Waals surface area contributed by atoms with E-state index in [1.165, 1.54) is 0 Å². The van der Waals surface area contributed by atoms with E-state index in [4.69, 9.17) is 5.73 Å². The van der Waals surface area contributed by atoms with E-state index in [1.807, 2.05) is 6.07 Å². The van der Waals surface area contributed by atoms with Gasteiger partial charge in [0.15, 0.2) is 0 Å². The van der Waals surface area contributed by atoms with Crippen LogP contribution < -0.4 is 16.4 Å². The number of carbonyl (C=O) groups is 2. The van der Waals surface area contributed by atoms with Crippen molar-refractivity contribution in [2.45, 2.75) is 37.8 Å². The highest BCUT2D eigenvalue weighted by atomic mass is 79.9. The summed E-state index contributed by atoms with van der Waals surface area (Å²) in [6, 6.07) is 7.49. The average molecular weight is 354 g/mol. The SMILES string of the molecule is NC1CCC(NC(=O)CNC(=O)c2cccc(Br)c2)CC1. The molecule has 0 bridgehead atoms. The van der Waals surface area contributed by atoms with E-state index in [9.17, 15) is 9.59 Å². The number of hydrogen-bond acceptors (Lipinski definition) is 3. The summed E-state index contributed by atoms with van der Waals surface area (Å²) in [5.74, 6) is -0.407. The second-order valence-corrected chi connectivity index (χ2v) is 6.29. The zero-order chi connectivity index (χ0) is 15.2. The van der Waals surface area contributed by atoms with Crippen molar-refractivity contribution in [3.05, 3.63) is 34.3 Å². The summed E-state index contributed by atoms with van der Waals surface area (Å²) in [6.07, 6.45) is 3.70. The third kappa shape index (κ3) is 5.13. The van der Waals surface area contributed by atoms with Gasteiger partial charge in [0, 0.05) is 22.1 Å². The molecule has 0 aromatic heterocycles. The summed E-state index contributed by atoms with van der Waals surface area (Å²) < 4.78 is 0.832. The molecule has 0 aliphatic heterocycles. The molecule has 1 fully saturated rings. The molecule has 0 atom stereocenters. The first kappa shape index (κ1) is 16.0. The zero-order valence-corrected chi connectivity index (χ0v) is 13.4. The minimum absolute atomic E-state index is 0.00605. The van der Waals surface area contributed by atoms with Gasteiger partial charge in [-0.05, 0) is 43.9 Å². The Labute approximate surface area is 132 Å². The molecule has 0 spiro atoms. The van der Waals surface area contributed by atoms with Crippen molar-refractivity contribution in [3.8, 4) is 0 Å². The van der Waals surface area contributed by atoms with Gasteiger partial charge in [-0.2, -0.15) is 0 Å². The Kier molecular flexibility index (Phi) is 5.76. The summed E-state index contributed by atoms with van der Waals surface area (Å²) in [7, 11) is 0. The lowest BCUT2D eigenvalue weighted by atomic mass is 9.92. The van der Waals surface area contributed by atoms with Gasteiger partial charge in [0.05, 0.1) is 6.54 Å². The van der Waals surface area contributed by atoms with E-state index < -0.39 is 0 Å². The van der Waals surface area contributed by atoms with Gasteiger partial charge in [0.1, 0.15) is 0 Å². The summed E-state index contributed by atoms with van der Waals surface area (Å²) >= 11 is 3.31. The second kappa shape index (κ2) is 7.56. The largest absolute Gasteiger partial charge is 0.352 e. The monoisotopic (exact) mass is 353 g/mol. The van der Waals surface area contributed by atoms with Crippen molar-refractivity contribution < 1.29 is 9.59 Å². The minimum Gasteiger partial charge on any atom is -0.352 e. The third-order valence-electron chi connectivity index (χ3n) is 3.63. The van der Waals surface area contributed by atoms with E-state index in [0.717, 1.165) is 30.2 Å². The highest BCUT2D eigenvalue weighted by Gasteiger charge is 2.20. The second-order valence-electron chi connectivity index (χ2n) is 5.37. The van der Waals surface area contributed by atoms with E-state index in [0.29, 0.717) is 5.56 Å². The molecule has 1 aromatic carbocycles. The molecule has 1 aliphatic rings. The number of amides is 2. The van der Waals surface area contributed by atoms with Gasteiger partial charge in [-0.25, -0.2) is 0 Å². The Morgan fingerprint density at radius 3 is 2.62 bits per heavy atom. The summed E-state index contributed by atoms with van der Waals surface area (Å²) in [6.45, 7) is -0.00605. The number of halogens is 1. The maximum atomic E-state index is 11.9. The molecule has 2 rings (SSSR count). The van der Waals surface area contributed by atoms with E-state index in [1.54, 1.807) is 18.2 Å². The molecule has 0 unspecified atom stereocenters. The molecular formula is C15H20BrN3O2. The Bertz CT molecular complexity index is 513. The van der Waals surface area contributed by atoms with Crippen LogP contribution in [0.1, 0.15) is 36.0 Å². The fraction of sp³-hybridized carbons (Fsp3) is 0.467. The molecule has 0 radical (unpaired) electrons. The molecule has 6 heteroatoms. The van der Waals surface area contributed by atoms with Crippen LogP contribution in [-0.4, -0.2) is 30.4 Å². The van der Waals surface area contributed by atoms with Crippen LogP contribution >= 0.6 is 15.9 Å². The van der Waals surface area contributed by atoms with Gasteiger partial charge in [-0.15, -0.1) is 0 Å². The zero-order valence-electron chi connectivity index (χ0n) is 11.8. The molecule has 1 aromatic rings. The highest BCUT2D eigenvalue weighted by molar-refractivity contribution is 9.10. The number of rotatable bonds is 4. The molecule has 0 saturated heterocycles. The normalized spacial score (nSPS) is 21.6. The first-order chi connectivity index (χ1) is 10.0. The van der Waals surface area contributed by atoms with E-state index >= 15 is 0 Å². The predicted octanol–water partition coefficient (Wildman–Crippen LogP) is 1.56. The van der Waals surface area contributed by atoms with Crippen molar-refractivity contribution in [2.75, 3.05) is 6.54 Å². The smallest absolute Gasteiger partial charge is 0.251 e. The van der Waals surface area contributed by atoms with Gasteiger partial charge >= 0.3 is 0 Å². The molecule has 4 N–H and O–H groups in total. The minimum atomic E-state index is -0.253. The molecule has 1 aliphatic carbocycles. The number of carbonyl (C=O) groups excluding carboxylic acids is 2. The molecule has 0 heterocycles. The quantitative estimate of drug-likeness (QED) is 0.767. The van der Waals surface area contributed by atoms with Crippen LogP contribution in [0.5, 0.6) is 0 Å². The molecule has 114 valence electrons. The van der Waals surface area contributed by atoms with Gasteiger partial charge in [0.2, 0.25) is 5.91 Å². The van der Waals surface area contributed by atoms with Crippen molar-refractivity contribution in [2.24, 2.45) is 5.73 Å². The van der Waals surface area contributed by atoms with Crippen LogP contribution in [0.25, 0.3) is 0 Å². The van der Waals surface area contributed by atoms with E-state index in [2.05, 4.69) is 26.6 Å². The predicted molar refractivity (Wildman–Crippen MR) is 84.8 cm³/mol. The third-order valence-corrected chi connectivity index (χ3v) is 4.13. The Morgan fingerprint density at radius 2 is 1.95 bits per heavy atom. The number of nitrogens with one attached hydrogen (secondary N) is 2. The molecule has 21 heavy (non-hydrogen) atoms. The Hall–Kier alpha value is -1.40. The van der Waals surface area contributed by atoms with Crippen molar-refractivity contribution in [1.29, 1.82) is 0 Å². The highest BCUT2D eigenvalue weighted by Crippen LogP contribution is 2.16. The first-order valence-electron chi connectivity index (χ1n) is 7.13. The Morgan fingerprint density at radius 1 is 1.24 bits per heavy atom. The number of benzene rings is 1. The van der Waals surface area contributed by atoms with Crippen LogP contribution in [0.15, 0.2) is 28.7 Å².